The monoisotopic (exact) mass is 2050 g/mol. The van der Waals surface area contributed by atoms with E-state index < -0.39 is 34.2 Å². The molecule has 9 heterocycles. The van der Waals surface area contributed by atoms with Crippen molar-refractivity contribution in [1.29, 1.82) is 0 Å². The Morgan fingerprint density at radius 3 is 0.986 bits per heavy atom. The molecule has 0 aromatic heterocycles. The quantitative estimate of drug-likeness (QED) is 0.0571. The molecule has 0 bridgehead atoms. The number of nitroso groups, excluding NO2 is 1. The van der Waals surface area contributed by atoms with Gasteiger partial charge in [0.2, 0.25) is 29.5 Å². The molecule has 3 N–H and O–H groups in total. The predicted octanol–water partition coefficient (Wildman–Crippen LogP) is 15.1. The van der Waals surface area contributed by atoms with Gasteiger partial charge in [-0.3, -0.25) is 38.9 Å². The lowest BCUT2D eigenvalue weighted by Gasteiger charge is -2.52. The summed E-state index contributed by atoms with van der Waals surface area (Å²) in [7, 11) is 0. The van der Waals surface area contributed by atoms with Gasteiger partial charge in [0.25, 0.3) is 11.4 Å². The van der Waals surface area contributed by atoms with Gasteiger partial charge in [0.15, 0.2) is 0 Å². The van der Waals surface area contributed by atoms with E-state index >= 15 is 0 Å². The molecular formula is C108H175ClN16O20. The summed E-state index contributed by atoms with van der Waals surface area (Å²) in [6.07, 6.45) is 30.5. The van der Waals surface area contributed by atoms with Crippen molar-refractivity contribution >= 4 is 88.1 Å². The van der Waals surface area contributed by atoms with Crippen molar-refractivity contribution in [1.82, 2.24) is 69.0 Å². The average Bonchev–Trinajstić information content (AvgIpc) is 1.64. The molecular weight excluding hydrogens is 1880 g/mol. The van der Waals surface area contributed by atoms with Crippen LogP contribution in [0.25, 0.3) is 0 Å². The number of piperidine rings is 5. The number of nitro benzene ring substituents is 1. The fourth-order valence-electron chi connectivity index (χ4n) is 26.1. The molecule has 37 heteroatoms. The van der Waals surface area contributed by atoms with Crippen LogP contribution in [0.4, 0.5) is 35.3 Å². The van der Waals surface area contributed by atoms with Gasteiger partial charge in [-0.05, 0) is 296 Å². The second-order valence-corrected chi connectivity index (χ2v) is 46.0. The number of hydrogen-bond donors (Lipinski definition) is 2. The number of nitrogens with one attached hydrogen (secondary N) is 2. The molecule has 6 aliphatic carbocycles. The fraction of sp³-hybridized carbons (Fsp3) is 0.787. The maximum atomic E-state index is 12.6. The van der Waals surface area contributed by atoms with Crippen LogP contribution in [0.2, 0.25) is 0 Å². The average molecular weight is 2060 g/mol. The predicted molar refractivity (Wildman–Crippen MR) is 554 cm³/mol. The first-order chi connectivity index (χ1) is 68.9. The molecule has 9 amide bonds. The fourth-order valence-corrected chi connectivity index (χ4v) is 26.2. The van der Waals surface area contributed by atoms with Crippen LogP contribution >= 0.6 is 11.6 Å². The lowest BCUT2D eigenvalue weighted by atomic mass is 9.63. The number of Topliss-reactive ketones (excluding diaryl/α,β-unsaturated/α-hetero) is 1. The summed E-state index contributed by atoms with van der Waals surface area (Å²) < 4.78 is 40.5. The Morgan fingerprint density at radius 2 is 0.703 bits per heavy atom. The van der Waals surface area contributed by atoms with Crippen molar-refractivity contribution in [2.45, 2.75) is 363 Å². The highest BCUT2D eigenvalue weighted by molar-refractivity contribution is 6.61. The van der Waals surface area contributed by atoms with E-state index in [0.717, 1.165) is 219 Å². The van der Waals surface area contributed by atoms with E-state index in [4.69, 9.17) is 33.3 Å². The second kappa shape index (κ2) is 53.0. The molecule has 2 aromatic carbocycles. The summed E-state index contributed by atoms with van der Waals surface area (Å²) in [5.74, 6) is 1.95. The van der Waals surface area contributed by atoms with E-state index in [1.807, 2.05) is 86.8 Å². The minimum Gasteiger partial charge on any atom is -0.870 e. The lowest BCUT2D eigenvalue weighted by molar-refractivity contribution is -0.384. The topological polar surface area (TPSA) is 392 Å². The van der Waals surface area contributed by atoms with Crippen molar-refractivity contribution in [2.24, 2.45) is 27.1 Å². The van der Waals surface area contributed by atoms with Gasteiger partial charge in [0.05, 0.1) is 14.2 Å². The molecule has 0 atom stereocenters. The number of carbonyl (C=O) groups excluding carboxylic acids is 11. The van der Waals surface area contributed by atoms with E-state index in [1.54, 1.807) is 54.5 Å². The van der Waals surface area contributed by atoms with Gasteiger partial charge in [0.1, 0.15) is 28.5 Å². The lowest BCUT2D eigenvalue weighted by Crippen LogP contribution is -2.56. The molecule has 17 rings (SSSR count). The Labute approximate surface area is 869 Å². The molecule has 9 aliphatic heterocycles. The van der Waals surface area contributed by atoms with E-state index in [1.165, 1.54) is 133 Å². The maximum absolute atomic E-state index is 12.6. The third kappa shape index (κ3) is 32.5. The summed E-state index contributed by atoms with van der Waals surface area (Å²) in [5.41, 5.74) is 0.131. The number of amides is 9. The van der Waals surface area contributed by atoms with Gasteiger partial charge in [-0.1, -0.05) is 12.8 Å². The number of nitrogens with zero attached hydrogens (tertiary/aromatic N) is 14. The van der Waals surface area contributed by atoms with Crippen LogP contribution in [0.5, 0.6) is 11.5 Å². The molecule has 15 aliphatic rings. The molecule has 2 aromatic rings. The Kier molecular flexibility index (Phi) is 41.9. The van der Waals surface area contributed by atoms with Crippen LogP contribution in [0, 0.1) is 42.1 Å². The minimum absolute atomic E-state index is 0. The number of non-ortho nitro benzene ring substituents is 1. The summed E-state index contributed by atoms with van der Waals surface area (Å²) in [6, 6.07) is 16.2. The van der Waals surface area contributed by atoms with Crippen LogP contribution in [0.1, 0.15) is 300 Å². The summed E-state index contributed by atoms with van der Waals surface area (Å²) in [5, 5.41) is 15.7. The van der Waals surface area contributed by atoms with E-state index in [9.17, 15) is 67.8 Å². The number of benzene rings is 2. The van der Waals surface area contributed by atoms with Crippen LogP contribution in [0.15, 0.2) is 48.5 Å². The first-order valence-corrected chi connectivity index (χ1v) is 54.4. The van der Waals surface area contributed by atoms with Crippen LogP contribution in [-0.2, 0) is 43.0 Å². The van der Waals surface area contributed by atoms with Crippen molar-refractivity contribution in [3.63, 3.8) is 0 Å². The SMILES string of the molecule is CC(C)(C)OC(=O)N1CCC2(CC(=O)C2)C1.CCN(C(C)=O)C1CCN(C2CC3(CCCC3)C2)CC1.CCN(C(C)=O)C1CCN(C2CC3(CCN(C(=O)OC(C)(C)C)C3)C2)CC1.CCN(C(C)=O)C1CCN(C2CC3(CCN(C(=O)Oc4ccc([N+](=O)[O-])cc4)C3)C2)CC1.CCN(C(C)=O)C1CCNCC1.O=[NH+]c1ccc(OC(=O)Cl)cc1.[2H]C([2H])(C)OC(=O)N1CCC2(CC(N3CCC(N(CC)C(C)=O)CC3)C2)C1.[OH-]. The van der Waals surface area contributed by atoms with Gasteiger partial charge in [-0.15, -0.1) is 0 Å². The standard InChI is InChI=1S/C23H32N4O5.C21H37N3O3.C19H33N3O3.C17H30N2O.C12H19NO3.C9H18N2O.C7H4ClNO3.H2O/c1-3-26(17(2)28)18-8-11-24(12-9-18)20-14-23(15-20)10-13-25(16-23)22(29)32-21-6-4-19(5-7-21)27(30)31;1-6-24(16(2)25)17-7-10-22(11-8-17)18-13-21(14-18)9-12-23(15-21)19(26)27-20(3,4)5;1-4-22(15(3)23)16-6-9-20(10-7-16)17-12-19(13-17)8-11-21(14-19)18(24)25-5-2;1-3-19(14(2)20)15-6-10-18(11-7-15)16-12-17(13-16)8-4-5-9-17;1-11(2,3)16-10(15)13-5-4-12(8-13)6-9(14)7-12;1-3-11(8(2)12)9-4-6-10-7-5-9;8-7(10)12-6-3-1-5(9-11)2-4-6;/h4-7,18,20H,3,8-16H2,1-2H3;17-18H,6-15H2,1-5H3;16-17H,4-14H2,1-3H3;15-16H,3-13H2,1-2H3;4-8H2,1-3H3;9-10H,3-7H2,1-2H3;1-4H;1H2/i;;5D2;;;;;. The third-order valence-electron chi connectivity index (χ3n) is 33.6. The Hall–Kier alpha value is -8.94. The van der Waals surface area contributed by atoms with E-state index in [0.29, 0.717) is 122 Å². The van der Waals surface area contributed by atoms with Crippen LogP contribution in [0.3, 0.4) is 0 Å². The van der Waals surface area contributed by atoms with Gasteiger partial charge in [-0.2, -0.15) is 0 Å². The number of halogens is 1. The Balaban J connectivity index is 0.000000180. The number of ketones is 1. The zero-order valence-electron chi connectivity index (χ0n) is 92.2. The molecule has 5 spiro atoms. The first kappa shape index (κ1) is 115. The van der Waals surface area contributed by atoms with Gasteiger partial charge < -0.3 is 98.2 Å². The van der Waals surface area contributed by atoms with Crippen LogP contribution < -0.4 is 20.0 Å². The molecule has 145 heavy (non-hydrogen) atoms. The van der Waals surface area contributed by atoms with Crippen molar-refractivity contribution in [2.75, 3.05) is 157 Å². The van der Waals surface area contributed by atoms with Crippen molar-refractivity contribution in [3.8, 4) is 11.5 Å². The van der Waals surface area contributed by atoms with Gasteiger partial charge in [-0.25, -0.2) is 24.0 Å². The maximum Gasteiger partial charge on any atom is 0.415 e. The zero-order chi connectivity index (χ0) is 107. The molecule has 9 saturated heterocycles. The molecule has 0 radical (unpaired) electrons. The van der Waals surface area contributed by atoms with Crippen molar-refractivity contribution < 1.29 is 94.7 Å². The molecule has 15 fully saturated rings. The number of ether oxygens (including phenoxy) is 5. The largest absolute Gasteiger partial charge is 0.870 e. The van der Waals surface area contributed by atoms with E-state index in [-0.39, 0.29) is 75.2 Å². The Bertz CT molecular complexity index is 4580. The van der Waals surface area contributed by atoms with Gasteiger partial charge in [0, 0.05) is 291 Å². The normalized spacial score (nSPS) is 23.2. The number of hydrogen-bond acceptors (Lipinski definition) is 25. The summed E-state index contributed by atoms with van der Waals surface area (Å²) in [6.45, 7) is 50.1. The third-order valence-corrected chi connectivity index (χ3v) is 33.7. The van der Waals surface area contributed by atoms with Gasteiger partial charge >= 0.3 is 29.8 Å². The number of rotatable bonds is 19. The minimum atomic E-state index is -1.93. The summed E-state index contributed by atoms with van der Waals surface area (Å²) in [4.78, 5) is 176. The smallest absolute Gasteiger partial charge is 0.415 e. The number of likely N-dealkylation sites (tertiary alicyclic amines) is 8. The van der Waals surface area contributed by atoms with Crippen molar-refractivity contribution in [3.05, 3.63) is 63.6 Å². The van der Waals surface area contributed by atoms with E-state index in [2.05, 4.69) is 48.4 Å². The molecule has 814 valence electrons. The zero-order valence-corrected chi connectivity index (χ0v) is 91.0. The molecule has 0 unspecified atom stereocenters. The highest BCUT2D eigenvalue weighted by Gasteiger charge is 2.57. The summed E-state index contributed by atoms with van der Waals surface area (Å²) >= 11 is 4.95. The first-order valence-electron chi connectivity index (χ1n) is 55.0. The highest BCUT2D eigenvalue weighted by Crippen LogP contribution is 2.57. The second-order valence-electron chi connectivity index (χ2n) is 45.7. The molecule has 36 nitrogen and oxygen atoms in total. The molecule has 6 saturated carbocycles. The Morgan fingerprint density at radius 1 is 0.421 bits per heavy atom. The highest BCUT2D eigenvalue weighted by atomic mass is 35.5. The number of nitro groups is 1. The number of carbonyl (C=O) groups is 11. The van der Waals surface area contributed by atoms with Crippen LogP contribution in [-0.4, -0.2) is 362 Å².